The third-order valence-electron chi connectivity index (χ3n) is 29.4. The topological polar surface area (TPSA) is 0 Å². The molecule has 0 aliphatic heterocycles. The highest BCUT2D eigenvalue weighted by molar-refractivity contribution is 6.15. The molecular formula is C146H136. The fourth-order valence-electron chi connectivity index (χ4n) is 21.5. The molecule has 0 spiro atoms. The van der Waals surface area contributed by atoms with Gasteiger partial charge in [0.2, 0.25) is 0 Å². The lowest BCUT2D eigenvalue weighted by Crippen LogP contribution is -2.14. The molecule has 0 saturated heterocycles. The predicted molar refractivity (Wildman–Crippen MR) is 639 cm³/mol. The lowest BCUT2D eigenvalue weighted by Gasteiger charge is -2.22. The Morgan fingerprint density at radius 3 is 1.03 bits per heavy atom. The molecule has 0 heterocycles. The number of hydrogen-bond acceptors (Lipinski definition) is 0. The van der Waals surface area contributed by atoms with E-state index in [9.17, 15) is 0 Å². The van der Waals surface area contributed by atoms with Crippen LogP contribution in [0.3, 0.4) is 0 Å². The van der Waals surface area contributed by atoms with Crippen molar-refractivity contribution in [1.29, 1.82) is 0 Å². The molecule has 0 amide bonds. The summed E-state index contributed by atoms with van der Waals surface area (Å²) in [6.07, 6.45) is 0. The number of hydrogen-bond donors (Lipinski definition) is 0. The summed E-state index contributed by atoms with van der Waals surface area (Å²) in [5, 5.41) is 21.2. The standard InChI is InChI=1S/C24H24.2C23H20.4C19H18/c1-16(2)18-9-5-6-10-19(18)17-13-14-21-20-11-7-8-12-22(20)24(3,4)23(21)15-17;1-16(2)18-10-5-6-12-20(18)23-15-17-9-3-4-11-19(17)21-13-7-8-14-22(21)23;1-16(2)17-9-7-10-18(14-17)23-15-19-8-3-4-11-20(19)21-12-5-6-13-22(21)23;1-14(2)16-10-5-6-12-18(16)19-13-7-9-15-8-3-4-11-17(15)19;1-14(2)18-9-5-6-10-19(18)17-12-11-15-7-3-4-8-16(15)13-17;1-14(2)16-10-6-13-19-17(11-7-12-18(16)19)15-8-4-3-5-9-15;1-14(2)16-8-9-19-13-17(10-11-18(19)12-16)15-6-4-3-5-7-15/h5-16H,1-4H3;2*3-16H,1-2H3;4*3-14H,1-2H3. The van der Waals surface area contributed by atoms with Crippen molar-refractivity contribution in [2.45, 2.75) is 158 Å². The van der Waals surface area contributed by atoms with Crippen LogP contribution < -0.4 is 0 Å². The SMILES string of the molecule is CC(C)c1ccc2cc(-c3ccccc3)ccc2c1.CC(C)c1cccc(-c2cc3ccccc3c3ccccc23)c1.CC(C)c1cccc2c(-c3ccccc3)cccc12.CC(C)c1ccccc1-c1cc2ccccc2c2ccccc12.CC(C)c1ccccc1-c1ccc2c(c1)C(C)(C)c1ccccc1-2.CC(C)c1ccccc1-c1ccc2ccccc2c1.CC(C)c1ccccc1-c1cccc2ccccc12. The first-order valence-electron chi connectivity index (χ1n) is 52.7. The van der Waals surface area contributed by atoms with E-state index >= 15 is 0 Å². The molecule has 0 radical (unpaired) electrons. The molecule has 23 aromatic rings. The molecule has 0 heteroatoms. The maximum absolute atomic E-state index is 2.41. The minimum atomic E-state index is 0.0642. The van der Waals surface area contributed by atoms with E-state index < -0.39 is 0 Å². The van der Waals surface area contributed by atoms with Gasteiger partial charge in [-0.3, -0.25) is 0 Å². The summed E-state index contributed by atoms with van der Waals surface area (Å²) in [5.74, 6) is 3.79. The van der Waals surface area contributed by atoms with Gasteiger partial charge in [-0.2, -0.15) is 0 Å². The van der Waals surface area contributed by atoms with Crippen molar-refractivity contribution in [3.05, 3.63) is 541 Å². The fraction of sp³-hybridized carbons (Fsp3) is 0.164. The normalized spacial score (nSPS) is 11.8. The van der Waals surface area contributed by atoms with Crippen LogP contribution >= 0.6 is 0 Å². The molecule has 0 nitrogen and oxygen atoms in total. The summed E-state index contributed by atoms with van der Waals surface area (Å²) in [6.45, 7) is 36.2. The van der Waals surface area contributed by atoms with E-state index in [0.29, 0.717) is 41.4 Å². The molecule has 0 saturated carbocycles. The molecule has 0 aromatic heterocycles. The Balaban J connectivity index is 0.000000112. The third-order valence-corrected chi connectivity index (χ3v) is 29.4. The lowest BCUT2D eigenvalue weighted by molar-refractivity contribution is 0.660. The zero-order chi connectivity index (χ0) is 101. The van der Waals surface area contributed by atoms with Gasteiger partial charge in [0.05, 0.1) is 0 Å². The minimum Gasteiger partial charge on any atom is -0.0622 e. The Morgan fingerprint density at radius 2 is 0.452 bits per heavy atom. The summed E-state index contributed by atoms with van der Waals surface area (Å²) < 4.78 is 0. The first-order valence-corrected chi connectivity index (χ1v) is 52.7. The van der Waals surface area contributed by atoms with Gasteiger partial charge in [-0.1, -0.05) is 572 Å². The van der Waals surface area contributed by atoms with E-state index in [1.165, 1.54) is 225 Å². The molecular weight excluding hydrogens is 1750 g/mol. The summed E-state index contributed by atoms with van der Waals surface area (Å²) >= 11 is 0. The quantitative estimate of drug-likeness (QED) is 0.0952. The van der Waals surface area contributed by atoms with Gasteiger partial charge in [-0.05, 0) is 297 Å². The van der Waals surface area contributed by atoms with Gasteiger partial charge in [0.25, 0.3) is 0 Å². The molecule has 0 bridgehead atoms. The molecule has 1 aliphatic rings. The first-order chi connectivity index (χ1) is 71.0. The average molecular weight is 1890 g/mol. The van der Waals surface area contributed by atoms with Crippen molar-refractivity contribution in [3.63, 3.8) is 0 Å². The van der Waals surface area contributed by atoms with Crippen LogP contribution in [0.15, 0.2) is 491 Å². The van der Waals surface area contributed by atoms with E-state index in [-0.39, 0.29) is 5.41 Å². The van der Waals surface area contributed by atoms with Crippen LogP contribution in [0.1, 0.15) is 202 Å². The van der Waals surface area contributed by atoms with Crippen molar-refractivity contribution < 1.29 is 0 Å². The van der Waals surface area contributed by atoms with E-state index in [2.05, 4.69) is 602 Å². The summed E-state index contributed by atoms with van der Waals surface area (Å²) in [5.41, 5.74) is 34.1. The summed E-state index contributed by atoms with van der Waals surface area (Å²) in [6, 6.07) is 178. The van der Waals surface area contributed by atoms with E-state index in [0.717, 1.165) is 0 Å². The van der Waals surface area contributed by atoms with Crippen molar-refractivity contribution in [2.24, 2.45) is 0 Å². The van der Waals surface area contributed by atoms with Gasteiger partial charge in [-0.25, -0.2) is 0 Å². The molecule has 0 fully saturated rings. The average Bonchev–Trinajstić information content (AvgIpc) is 1.58. The highest BCUT2D eigenvalue weighted by Crippen LogP contribution is 2.51. The van der Waals surface area contributed by atoms with Crippen LogP contribution in [0.2, 0.25) is 0 Å². The molecule has 146 heavy (non-hydrogen) atoms. The van der Waals surface area contributed by atoms with Crippen LogP contribution in [0.4, 0.5) is 0 Å². The summed E-state index contributed by atoms with van der Waals surface area (Å²) in [4.78, 5) is 0. The van der Waals surface area contributed by atoms with Gasteiger partial charge in [0, 0.05) is 5.41 Å². The molecule has 0 unspecified atom stereocenters. The molecule has 23 aromatic carbocycles. The van der Waals surface area contributed by atoms with E-state index in [1.54, 1.807) is 0 Å². The first kappa shape index (κ1) is 100. The zero-order valence-corrected chi connectivity index (χ0v) is 87.8. The Bertz CT molecular complexity index is 8470. The van der Waals surface area contributed by atoms with Crippen LogP contribution in [0.25, 0.3) is 175 Å². The number of rotatable bonds is 14. The van der Waals surface area contributed by atoms with Crippen molar-refractivity contribution in [3.8, 4) is 89.0 Å². The predicted octanol–water partition coefficient (Wildman–Crippen LogP) is 42.9. The van der Waals surface area contributed by atoms with Gasteiger partial charge in [-0.15, -0.1) is 0 Å². The fourth-order valence-corrected chi connectivity index (χ4v) is 21.5. The summed E-state index contributed by atoms with van der Waals surface area (Å²) in [7, 11) is 0. The maximum atomic E-state index is 2.41. The highest BCUT2D eigenvalue weighted by atomic mass is 14.4. The Kier molecular flexibility index (Phi) is 31.5. The second kappa shape index (κ2) is 45.8. The second-order valence-electron chi connectivity index (χ2n) is 41.8. The molecule has 0 atom stereocenters. The van der Waals surface area contributed by atoms with Gasteiger partial charge < -0.3 is 0 Å². The highest BCUT2D eigenvalue weighted by Gasteiger charge is 2.35. The minimum absolute atomic E-state index is 0.0642. The van der Waals surface area contributed by atoms with Crippen LogP contribution in [-0.2, 0) is 5.41 Å². The van der Waals surface area contributed by atoms with E-state index in [1.807, 2.05) is 0 Å². The van der Waals surface area contributed by atoms with Crippen molar-refractivity contribution >= 4 is 86.2 Å². The largest absolute Gasteiger partial charge is 0.0622 e. The third kappa shape index (κ3) is 22.2. The number of benzene rings is 23. The van der Waals surface area contributed by atoms with Gasteiger partial charge in [0.1, 0.15) is 0 Å². The smallest absolute Gasteiger partial charge is 0.0159 e. The monoisotopic (exact) mass is 1890 g/mol. The molecule has 0 N–H and O–H groups in total. The maximum Gasteiger partial charge on any atom is 0.0159 e. The number of fused-ring (bicyclic) bond motifs is 13. The molecule has 24 rings (SSSR count). The molecule has 1 aliphatic carbocycles. The van der Waals surface area contributed by atoms with Gasteiger partial charge >= 0.3 is 0 Å². The lowest BCUT2D eigenvalue weighted by atomic mass is 9.81. The van der Waals surface area contributed by atoms with E-state index in [4.69, 9.17) is 0 Å². The second-order valence-corrected chi connectivity index (χ2v) is 41.8. The van der Waals surface area contributed by atoms with Crippen LogP contribution in [0.5, 0.6) is 0 Å². The van der Waals surface area contributed by atoms with Crippen LogP contribution in [-0.4, -0.2) is 0 Å². The molecule has 720 valence electrons. The van der Waals surface area contributed by atoms with Crippen molar-refractivity contribution in [1.82, 2.24) is 0 Å². The Labute approximate surface area is 867 Å². The Morgan fingerprint density at radius 1 is 0.130 bits per heavy atom. The van der Waals surface area contributed by atoms with Crippen molar-refractivity contribution in [2.75, 3.05) is 0 Å². The van der Waals surface area contributed by atoms with Crippen LogP contribution in [0, 0.1) is 0 Å². The Hall–Kier alpha value is -15.9. The van der Waals surface area contributed by atoms with Gasteiger partial charge in [0.15, 0.2) is 0 Å². The zero-order valence-electron chi connectivity index (χ0n) is 87.8.